The lowest BCUT2D eigenvalue weighted by atomic mass is 10.2. The number of carbonyl (C=O) groups is 1. The van der Waals surface area contributed by atoms with Gasteiger partial charge in [0.15, 0.2) is 11.5 Å². The number of nitrogens with one attached hydrogen (secondary N) is 1. The molecule has 0 saturated heterocycles. The lowest BCUT2D eigenvalue weighted by molar-refractivity contribution is 0.0950. The second kappa shape index (κ2) is 9.67. The smallest absolute Gasteiger partial charge is 0.254 e. The highest BCUT2D eigenvalue weighted by atomic mass is 35.5. The molecule has 0 unspecified atom stereocenters. The standard InChI is InChI=1S/C21H21Cl2N3O3/c1-3-29-20-18(23)8-14(9-19(20)28-2)10-24-21(27)16-11-25-26(13-16)12-15-6-4-5-7-17(15)22/h4-9,11,13H,3,10,12H2,1-2H3,(H,24,27). The molecule has 0 aliphatic heterocycles. The molecule has 6 nitrogen and oxygen atoms in total. The van der Waals surface area contributed by atoms with E-state index in [9.17, 15) is 4.79 Å². The predicted molar refractivity (Wildman–Crippen MR) is 113 cm³/mol. The Balaban J connectivity index is 1.65. The summed E-state index contributed by atoms with van der Waals surface area (Å²) in [4.78, 5) is 12.5. The number of hydrogen-bond acceptors (Lipinski definition) is 4. The fraction of sp³-hybridized carbons (Fsp3) is 0.238. The third-order valence-corrected chi connectivity index (χ3v) is 4.87. The summed E-state index contributed by atoms with van der Waals surface area (Å²) in [6, 6.07) is 11.1. The number of nitrogens with zero attached hydrogens (tertiary/aromatic N) is 2. The Bertz CT molecular complexity index is 1000. The molecule has 1 amide bonds. The fourth-order valence-electron chi connectivity index (χ4n) is 2.81. The van der Waals surface area contributed by atoms with Gasteiger partial charge < -0.3 is 14.8 Å². The number of carbonyl (C=O) groups excluding carboxylic acids is 1. The third kappa shape index (κ3) is 5.22. The van der Waals surface area contributed by atoms with Crippen molar-refractivity contribution in [2.45, 2.75) is 20.0 Å². The maximum absolute atomic E-state index is 12.5. The normalized spacial score (nSPS) is 10.6. The Morgan fingerprint density at radius 2 is 2.00 bits per heavy atom. The summed E-state index contributed by atoms with van der Waals surface area (Å²) in [5.41, 5.74) is 2.19. The Kier molecular flexibility index (Phi) is 7.01. The zero-order valence-corrected chi connectivity index (χ0v) is 17.6. The van der Waals surface area contributed by atoms with Gasteiger partial charge in [0.05, 0.1) is 37.0 Å². The van der Waals surface area contributed by atoms with Crippen molar-refractivity contribution in [3.05, 3.63) is 75.5 Å². The second-order valence-electron chi connectivity index (χ2n) is 6.24. The van der Waals surface area contributed by atoms with Crippen LogP contribution in [0, 0.1) is 0 Å². The molecule has 0 atom stereocenters. The van der Waals surface area contributed by atoms with Crippen molar-refractivity contribution in [3.8, 4) is 11.5 Å². The number of halogens is 2. The van der Waals surface area contributed by atoms with Gasteiger partial charge in [-0.2, -0.15) is 5.10 Å². The Morgan fingerprint density at radius 1 is 1.21 bits per heavy atom. The van der Waals surface area contributed by atoms with E-state index in [-0.39, 0.29) is 12.5 Å². The Labute approximate surface area is 179 Å². The van der Waals surface area contributed by atoms with Crippen LogP contribution in [-0.2, 0) is 13.1 Å². The van der Waals surface area contributed by atoms with E-state index in [0.29, 0.717) is 40.3 Å². The van der Waals surface area contributed by atoms with E-state index >= 15 is 0 Å². The van der Waals surface area contributed by atoms with Crippen LogP contribution in [0.3, 0.4) is 0 Å². The summed E-state index contributed by atoms with van der Waals surface area (Å²) < 4.78 is 12.5. The molecular formula is C21H21Cl2N3O3. The zero-order valence-electron chi connectivity index (χ0n) is 16.1. The summed E-state index contributed by atoms with van der Waals surface area (Å²) >= 11 is 12.5. The maximum atomic E-state index is 12.5. The average molecular weight is 434 g/mol. The minimum atomic E-state index is -0.237. The highest BCUT2D eigenvalue weighted by molar-refractivity contribution is 6.32. The van der Waals surface area contributed by atoms with E-state index in [1.54, 1.807) is 30.1 Å². The van der Waals surface area contributed by atoms with Crippen molar-refractivity contribution in [3.63, 3.8) is 0 Å². The van der Waals surface area contributed by atoms with Gasteiger partial charge in [-0.25, -0.2) is 0 Å². The van der Waals surface area contributed by atoms with Crippen molar-refractivity contribution in [2.24, 2.45) is 0 Å². The van der Waals surface area contributed by atoms with Gasteiger partial charge in [-0.15, -0.1) is 0 Å². The first kappa shape index (κ1) is 21.0. The third-order valence-electron chi connectivity index (χ3n) is 4.22. The number of methoxy groups -OCH3 is 1. The van der Waals surface area contributed by atoms with E-state index in [0.717, 1.165) is 11.1 Å². The largest absolute Gasteiger partial charge is 0.493 e. The minimum absolute atomic E-state index is 0.237. The molecule has 3 rings (SSSR count). The summed E-state index contributed by atoms with van der Waals surface area (Å²) in [6.45, 7) is 3.12. The van der Waals surface area contributed by atoms with E-state index < -0.39 is 0 Å². The zero-order chi connectivity index (χ0) is 20.8. The van der Waals surface area contributed by atoms with Gasteiger partial charge in [0, 0.05) is 17.8 Å². The molecule has 0 aliphatic rings. The van der Waals surface area contributed by atoms with E-state index in [1.165, 1.54) is 6.20 Å². The number of amides is 1. The SMILES string of the molecule is CCOc1c(Cl)cc(CNC(=O)c2cnn(Cc3ccccc3Cl)c2)cc1OC. The fourth-order valence-corrected chi connectivity index (χ4v) is 3.30. The molecule has 8 heteroatoms. The number of aromatic nitrogens is 2. The first-order chi connectivity index (χ1) is 14.0. The number of ether oxygens (including phenoxy) is 2. The lowest BCUT2D eigenvalue weighted by Crippen LogP contribution is -2.22. The van der Waals surface area contributed by atoms with Crippen LogP contribution in [0.2, 0.25) is 10.0 Å². The van der Waals surface area contributed by atoms with Crippen LogP contribution in [0.15, 0.2) is 48.8 Å². The van der Waals surface area contributed by atoms with Crippen molar-refractivity contribution < 1.29 is 14.3 Å². The van der Waals surface area contributed by atoms with Gasteiger partial charge >= 0.3 is 0 Å². The van der Waals surface area contributed by atoms with Crippen molar-refractivity contribution in [1.29, 1.82) is 0 Å². The predicted octanol–water partition coefficient (Wildman–Crippen LogP) is 4.58. The Morgan fingerprint density at radius 3 is 2.72 bits per heavy atom. The second-order valence-corrected chi connectivity index (χ2v) is 7.06. The summed E-state index contributed by atoms with van der Waals surface area (Å²) in [7, 11) is 1.55. The van der Waals surface area contributed by atoms with Crippen molar-refractivity contribution in [1.82, 2.24) is 15.1 Å². The molecule has 0 radical (unpaired) electrons. The van der Waals surface area contributed by atoms with Crippen LogP contribution in [0.5, 0.6) is 11.5 Å². The number of benzene rings is 2. The molecule has 0 saturated carbocycles. The van der Waals surface area contributed by atoms with Crippen LogP contribution >= 0.6 is 23.2 Å². The van der Waals surface area contributed by atoms with Crippen LogP contribution in [0.4, 0.5) is 0 Å². The molecule has 0 bridgehead atoms. The van der Waals surface area contributed by atoms with Gasteiger partial charge in [0.25, 0.3) is 5.91 Å². The molecule has 3 aromatic rings. The van der Waals surface area contributed by atoms with E-state index in [4.69, 9.17) is 32.7 Å². The minimum Gasteiger partial charge on any atom is -0.493 e. The highest BCUT2D eigenvalue weighted by Crippen LogP contribution is 2.36. The van der Waals surface area contributed by atoms with Crippen LogP contribution in [0.1, 0.15) is 28.4 Å². The Hall–Kier alpha value is -2.70. The van der Waals surface area contributed by atoms with Gasteiger partial charge in [0.1, 0.15) is 0 Å². The molecule has 1 N–H and O–H groups in total. The number of rotatable bonds is 8. The summed E-state index contributed by atoms with van der Waals surface area (Å²) in [6.07, 6.45) is 3.21. The van der Waals surface area contributed by atoms with E-state index in [2.05, 4.69) is 10.4 Å². The lowest BCUT2D eigenvalue weighted by Gasteiger charge is -2.13. The molecule has 1 heterocycles. The monoisotopic (exact) mass is 433 g/mol. The molecule has 1 aromatic heterocycles. The topological polar surface area (TPSA) is 65.4 Å². The quantitative estimate of drug-likeness (QED) is 0.564. The van der Waals surface area contributed by atoms with Crippen molar-refractivity contribution >= 4 is 29.1 Å². The molecule has 0 spiro atoms. The summed E-state index contributed by atoms with van der Waals surface area (Å²) in [5, 5.41) is 8.20. The molecule has 0 fully saturated rings. The average Bonchev–Trinajstić information content (AvgIpc) is 3.18. The first-order valence-corrected chi connectivity index (χ1v) is 9.80. The molecule has 29 heavy (non-hydrogen) atoms. The highest BCUT2D eigenvalue weighted by Gasteiger charge is 2.14. The van der Waals surface area contributed by atoms with Crippen LogP contribution in [0.25, 0.3) is 0 Å². The van der Waals surface area contributed by atoms with Gasteiger partial charge in [-0.1, -0.05) is 41.4 Å². The molecular weight excluding hydrogens is 413 g/mol. The number of hydrogen-bond donors (Lipinski definition) is 1. The van der Waals surface area contributed by atoms with Crippen LogP contribution < -0.4 is 14.8 Å². The van der Waals surface area contributed by atoms with Crippen LogP contribution in [-0.4, -0.2) is 29.4 Å². The van der Waals surface area contributed by atoms with Gasteiger partial charge in [-0.05, 0) is 36.2 Å². The van der Waals surface area contributed by atoms with Crippen molar-refractivity contribution in [2.75, 3.05) is 13.7 Å². The first-order valence-electron chi connectivity index (χ1n) is 9.05. The molecule has 152 valence electrons. The molecule has 0 aliphatic carbocycles. The van der Waals surface area contributed by atoms with E-state index in [1.807, 2.05) is 31.2 Å². The maximum Gasteiger partial charge on any atom is 0.254 e. The van der Waals surface area contributed by atoms with Gasteiger partial charge in [0.2, 0.25) is 0 Å². The summed E-state index contributed by atoms with van der Waals surface area (Å²) in [5.74, 6) is 0.781. The molecule has 2 aromatic carbocycles. The van der Waals surface area contributed by atoms with Gasteiger partial charge in [-0.3, -0.25) is 9.48 Å².